The van der Waals surface area contributed by atoms with Gasteiger partial charge in [-0.25, -0.2) is 0 Å². The van der Waals surface area contributed by atoms with Gasteiger partial charge >= 0.3 is 10.4 Å². The molecule has 0 aliphatic carbocycles. The highest BCUT2D eigenvalue weighted by Gasteiger charge is 2.08. The second kappa shape index (κ2) is 5.93. The van der Waals surface area contributed by atoms with Gasteiger partial charge in [0.1, 0.15) is 5.03 Å². The Morgan fingerprint density at radius 2 is 1.89 bits per heavy atom. The van der Waals surface area contributed by atoms with Crippen LogP contribution in [0.25, 0.3) is 10.9 Å². The van der Waals surface area contributed by atoms with Crippen molar-refractivity contribution in [3.8, 4) is 5.75 Å². The molecule has 0 radical (unpaired) electrons. The van der Waals surface area contributed by atoms with Crippen LogP contribution in [0.3, 0.4) is 0 Å². The van der Waals surface area contributed by atoms with E-state index in [0.717, 1.165) is 20.4 Å². The number of halogens is 1. The average Bonchev–Trinajstić information content (AvgIpc) is 2.52. The van der Waals surface area contributed by atoms with Gasteiger partial charge in [0, 0.05) is 9.86 Å². The van der Waals surface area contributed by atoms with Crippen LogP contribution >= 0.6 is 27.7 Å². The highest BCUT2D eigenvalue weighted by Crippen LogP contribution is 2.35. The van der Waals surface area contributed by atoms with Crippen LogP contribution in [0, 0.1) is 0 Å². The molecule has 0 fully saturated rings. The SMILES string of the molecule is CSc1[nH]c2cc(Br)ccc2c1O.O=S(=O)(O)O. The summed E-state index contributed by atoms with van der Waals surface area (Å²) >= 11 is 4.89. The Bertz CT molecular complexity index is 644. The van der Waals surface area contributed by atoms with E-state index >= 15 is 0 Å². The molecule has 2 rings (SSSR count). The number of nitrogens with one attached hydrogen (secondary N) is 1. The highest BCUT2D eigenvalue weighted by atomic mass is 79.9. The van der Waals surface area contributed by atoms with Gasteiger partial charge in [0.2, 0.25) is 0 Å². The van der Waals surface area contributed by atoms with E-state index in [9.17, 15) is 5.11 Å². The minimum absolute atomic E-state index is 0.343. The number of aromatic hydroxyl groups is 1. The number of H-pyrrole nitrogens is 1. The number of aromatic nitrogens is 1. The van der Waals surface area contributed by atoms with E-state index in [1.54, 1.807) is 0 Å². The standard InChI is InChI=1S/C9H8BrNOS.H2O4S/c1-13-9-8(12)6-3-2-5(10)4-7(6)11-9;1-5(2,3)4/h2-4,11-12H,1H3;(H2,1,2,3,4). The second-order valence-electron chi connectivity index (χ2n) is 3.14. The maximum atomic E-state index is 9.71. The number of hydrogen-bond donors (Lipinski definition) is 4. The van der Waals surface area contributed by atoms with Crippen LogP contribution in [0.1, 0.15) is 0 Å². The summed E-state index contributed by atoms with van der Waals surface area (Å²) in [5.41, 5.74) is 0.955. The Kier molecular flexibility index (Phi) is 5.05. The molecule has 1 aromatic carbocycles. The molecule has 2 aromatic rings. The molecule has 0 amide bonds. The van der Waals surface area contributed by atoms with Gasteiger partial charge in [-0.1, -0.05) is 15.9 Å². The Morgan fingerprint density at radius 1 is 1.33 bits per heavy atom. The molecule has 4 N–H and O–H groups in total. The van der Waals surface area contributed by atoms with Gasteiger partial charge in [-0.3, -0.25) is 9.11 Å². The molecular formula is C9H10BrNO5S2. The molecule has 0 aliphatic rings. The first-order chi connectivity index (χ1) is 8.22. The van der Waals surface area contributed by atoms with Gasteiger partial charge < -0.3 is 10.1 Å². The molecule has 6 nitrogen and oxygen atoms in total. The monoisotopic (exact) mass is 355 g/mol. The minimum Gasteiger partial charge on any atom is -0.505 e. The maximum absolute atomic E-state index is 9.71. The smallest absolute Gasteiger partial charge is 0.394 e. The van der Waals surface area contributed by atoms with Gasteiger partial charge in [0.05, 0.1) is 5.52 Å². The molecule has 0 aliphatic heterocycles. The van der Waals surface area contributed by atoms with Crippen molar-refractivity contribution in [2.75, 3.05) is 6.26 Å². The zero-order valence-corrected chi connectivity index (χ0v) is 12.3. The summed E-state index contributed by atoms with van der Waals surface area (Å²) in [5, 5.41) is 11.4. The molecule has 0 bridgehead atoms. The molecule has 0 atom stereocenters. The van der Waals surface area contributed by atoms with Crippen molar-refractivity contribution in [2.45, 2.75) is 5.03 Å². The van der Waals surface area contributed by atoms with E-state index in [4.69, 9.17) is 17.5 Å². The first-order valence-corrected chi connectivity index (χ1v) is 7.88. The van der Waals surface area contributed by atoms with Gasteiger partial charge in [-0.05, 0) is 24.5 Å². The van der Waals surface area contributed by atoms with Crippen LogP contribution in [0.15, 0.2) is 27.7 Å². The van der Waals surface area contributed by atoms with Crippen molar-refractivity contribution in [3.05, 3.63) is 22.7 Å². The number of thioether (sulfide) groups is 1. The largest absolute Gasteiger partial charge is 0.505 e. The Hall–Kier alpha value is -0.740. The second-order valence-corrected chi connectivity index (χ2v) is 5.77. The van der Waals surface area contributed by atoms with Gasteiger partial charge in [-0.15, -0.1) is 11.8 Å². The number of benzene rings is 1. The van der Waals surface area contributed by atoms with Crippen molar-refractivity contribution in [3.63, 3.8) is 0 Å². The number of hydrogen-bond acceptors (Lipinski definition) is 4. The molecule has 1 heterocycles. The lowest BCUT2D eigenvalue weighted by atomic mass is 10.2. The molecule has 9 heteroatoms. The molecule has 0 spiro atoms. The third-order valence-electron chi connectivity index (χ3n) is 1.90. The molecule has 0 saturated carbocycles. The van der Waals surface area contributed by atoms with Crippen molar-refractivity contribution in [2.24, 2.45) is 0 Å². The van der Waals surface area contributed by atoms with E-state index in [-0.39, 0.29) is 0 Å². The normalized spacial score (nSPS) is 11.1. The van der Waals surface area contributed by atoms with Crippen LogP contribution in [0.2, 0.25) is 0 Å². The zero-order chi connectivity index (χ0) is 13.9. The van der Waals surface area contributed by atoms with E-state index in [1.165, 1.54) is 11.8 Å². The molecular weight excluding hydrogens is 346 g/mol. The van der Waals surface area contributed by atoms with Crippen molar-refractivity contribution in [1.29, 1.82) is 0 Å². The number of fused-ring (bicyclic) bond motifs is 1. The summed E-state index contributed by atoms with van der Waals surface area (Å²) in [6.07, 6.45) is 1.93. The fourth-order valence-electron chi connectivity index (χ4n) is 1.28. The van der Waals surface area contributed by atoms with Gasteiger partial charge in [0.15, 0.2) is 5.75 Å². The van der Waals surface area contributed by atoms with Crippen LogP contribution in [-0.4, -0.2) is 33.9 Å². The Morgan fingerprint density at radius 3 is 2.39 bits per heavy atom. The van der Waals surface area contributed by atoms with Crippen LogP contribution in [-0.2, 0) is 10.4 Å². The fourth-order valence-corrected chi connectivity index (χ4v) is 2.15. The molecule has 0 saturated heterocycles. The summed E-state index contributed by atoms with van der Waals surface area (Å²) in [4.78, 5) is 3.14. The first kappa shape index (κ1) is 15.3. The Balaban J connectivity index is 0.000000280. The zero-order valence-electron chi connectivity index (χ0n) is 9.08. The van der Waals surface area contributed by atoms with Crippen molar-refractivity contribution in [1.82, 2.24) is 4.98 Å². The lowest BCUT2D eigenvalue weighted by Gasteiger charge is -1.91. The third-order valence-corrected chi connectivity index (χ3v) is 3.10. The minimum atomic E-state index is -4.67. The first-order valence-electron chi connectivity index (χ1n) is 4.46. The van der Waals surface area contributed by atoms with Crippen LogP contribution < -0.4 is 0 Å². The fraction of sp³-hybridized carbons (Fsp3) is 0.111. The number of rotatable bonds is 1. The van der Waals surface area contributed by atoms with Gasteiger partial charge in [0.25, 0.3) is 0 Å². The summed E-state index contributed by atoms with van der Waals surface area (Å²) in [6.45, 7) is 0. The van der Waals surface area contributed by atoms with E-state index in [0.29, 0.717) is 5.75 Å². The molecule has 0 unspecified atom stereocenters. The third kappa shape index (κ3) is 4.50. The molecule has 100 valence electrons. The summed E-state index contributed by atoms with van der Waals surface area (Å²) < 4.78 is 32.6. The summed E-state index contributed by atoms with van der Waals surface area (Å²) in [6, 6.07) is 5.76. The van der Waals surface area contributed by atoms with Gasteiger partial charge in [-0.2, -0.15) is 8.42 Å². The number of aromatic amines is 1. The summed E-state index contributed by atoms with van der Waals surface area (Å²) in [7, 11) is -4.67. The highest BCUT2D eigenvalue weighted by molar-refractivity contribution is 9.10. The summed E-state index contributed by atoms with van der Waals surface area (Å²) in [5.74, 6) is 0.343. The molecule has 18 heavy (non-hydrogen) atoms. The topological polar surface area (TPSA) is 111 Å². The predicted octanol–water partition coefficient (Wildman–Crippen LogP) is 2.71. The van der Waals surface area contributed by atoms with E-state index in [1.807, 2.05) is 24.5 Å². The van der Waals surface area contributed by atoms with Crippen LogP contribution in [0.5, 0.6) is 5.75 Å². The van der Waals surface area contributed by atoms with Crippen molar-refractivity contribution >= 4 is 49.0 Å². The predicted molar refractivity (Wildman–Crippen MR) is 73.6 cm³/mol. The lowest BCUT2D eigenvalue weighted by Crippen LogP contribution is -1.89. The average molecular weight is 356 g/mol. The lowest BCUT2D eigenvalue weighted by molar-refractivity contribution is 0.381. The maximum Gasteiger partial charge on any atom is 0.394 e. The van der Waals surface area contributed by atoms with Crippen LogP contribution in [0.4, 0.5) is 0 Å². The molecule has 1 aromatic heterocycles. The Labute approximate surface area is 116 Å². The van der Waals surface area contributed by atoms with Crippen molar-refractivity contribution < 1.29 is 22.6 Å². The quantitative estimate of drug-likeness (QED) is 0.462. The van der Waals surface area contributed by atoms with E-state index < -0.39 is 10.4 Å². The van der Waals surface area contributed by atoms with E-state index in [2.05, 4.69) is 20.9 Å².